The van der Waals surface area contributed by atoms with Crippen molar-refractivity contribution in [3.8, 4) is 11.1 Å². The van der Waals surface area contributed by atoms with E-state index >= 15 is 0 Å². The molecule has 2 N–H and O–H groups in total. The molecule has 0 aromatic heterocycles. The van der Waals surface area contributed by atoms with Gasteiger partial charge in [0, 0.05) is 33.1 Å². The van der Waals surface area contributed by atoms with Crippen LogP contribution in [-0.2, 0) is 12.4 Å². The van der Waals surface area contributed by atoms with Gasteiger partial charge >= 0.3 is 12.4 Å². The van der Waals surface area contributed by atoms with E-state index in [0.717, 1.165) is 45.6 Å². The summed E-state index contributed by atoms with van der Waals surface area (Å²) >= 11 is 5.57. The largest absolute Gasteiger partial charge is 0.416 e. The van der Waals surface area contributed by atoms with Gasteiger partial charge in [-0.1, -0.05) is 136 Å². The number of rotatable bonds is 7. The Kier molecular flexibility index (Phi) is 10.2. The maximum Gasteiger partial charge on any atom is 0.416 e. The van der Waals surface area contributed by atoms with Crippen LogP contribution in [0.3, 0.4) is 0 Å². The lowest BCUT2D eigenvalue weighted by atomic mass is 9.91. The van der Waals surface area contributed by atoms with E-state index in [0.29, 0.717) is 29.1 Å². The average molecular weight is 784 g/mol. The zero-order valence-electron chi connectivity index (χ0n) is 28.2. The van der Waals surface area contributed by atoms with E-state index < -0.39 is 35.9 Å². The first-order chi connectivity index (χ1) is 25.9. The van der Waals surface area contributed by atoms with Crippen molar-refractivity contribution in [1.29, 1.82) is 0 Å². The van der Waals surface area contributed by atoms with Gasteiger partial charge in [0.1, 0.15) is 0 Å². The Balaban J connectivity index is 1.46. The number of halogens is 6. The fourth-order valence-corrected chi connectivity index (χ4v) is 11.5. The van der Waals surface area contributed by atoms with Gasteiger partial charge in [-0.2, -0.15) is 26.3 Å². The zero-order valence-corrected chi connectivity index (χ0v) is 30.8. The molecular weight excluding hydrogens is 754 g/mol. The van der Waals surface area contributed by atoms with Crippen LogP contribution in [0.15, 0.2) is 156 Å². The van der Waals surface area contributed by atoms with Crippen LogP contribution in [0.5, 0.6) is 0 Å². The second kappa shape index (κ2) is 14.9. The number of thiocarbonyl (C=S) groups is 1. The van der Waals surface area contributed by atoms with E-state index in [9.17, 15) is 26.3 Å². The minimum Gasteiger partial charge on any atom is -0.332 e. The van der Waals surface area contributed by atoms with E-state index in [1.807, 2.05) is 103 Å². The van der Waals surface area contributed by atoms with Gasteiger partial charge < -0.3 is 10.6 Å². The lowest BCUT2D eigenvalue weighted by Gasteiger charge is -2.24. The van der Waals surface area contributed by atoms with E-state index in [4.69, 9.17) is 17.0 Å². The van der Waals surface area contributed by atoms with Crippen LogP contribution in [0.4, 0.5) is 43.4 Å². The predicted molar refractivity (Wildman–Crippen MR) is 218 cm³/mol. The monoisotopic (exact) mass is 783 g/mol. The van der Waals surface area contributed by atoms with Crippen LogP contribution in [0.2, 0.25) is 0 Å². The van der Waals surface area contributed by atoms with Crippen molar-refractivity contribution in [3.63, 3.8) is 0 Å². The molecule has 12 heteroatoms. The van der Waals surface area contributed by atoms with Gasteiger partial charge in [-0.3, -0.25) is 0 Å². The number of anilines is 2. The SMILES string of the molecule is C=PP(=Nc1ccc2ccccc2c1-c1c(NC(=S)Nc2cc(C(F)(F)F)cc(C(F)(F)F)c2)ccc2ccccc12)(c1ccccc1)c1ccccc1. The number of nitrogens with one attached hydrogen (secondary N) is 2. The minimum atomic E-state index is -5.02. The van der Waals surface area contributed by atoms with Gasteiger partial charge in [-0.15, -0.1) is 0 Å². The Morgan fingerprint density at radius 2 is 1.06 bits per heavy atom. The highest BCUT2D eigenvalue weighted by molar-refractivity contribution is 8.32. The van der Waals surface area contributed by atoms with E-state index in [-0.39, 0.29) is 11.2 Å². The first-order valence-electron chi connectivity index (χ1n) is 16.5. The normalized spacial score (nSPS) is 12.2. The van der Waals surface area contributed by atoms with Crippen LogP contribution in [0.1, 0.15) is 11.1 Å². The Bertz CT molecular complexity index is 2520. The Morgan fingerprint density at radius 1 is 0.574 bits per heavy atom. The topological polar surface area (TPSA) is 36.4 Å². The maximum atomic E-state index is 13.7. The smallest absolute Gasteiger partial charge is 0.332 e. The highest BCUT2D eigenvalue weighted by Crippen LogP contribution is 2.62. The Morgan fingerprint density at radius 3 is 1.57 bits per heavy atom. The van der Waals surface area contributed by atoms with Gasteiger partial charge in [-0.25, -0.2) is 4.74 Å². The quantitative estimate of drug-likeness (QED) is 0.0960. The molecule has 0 aliphatic rings. The molecule has 0 unspecified atom stereocenters. The third-order valence-corrected chi connectivity index (χ3v) is 14.9. The van der Waals surface area contributed by atoms with Gasteiger partial charge in [0.2, 0.25) is 0 Å². The molecule has 0 fully saturated rings. The lowest BCUT2D eigenvalue weighted by molar-refractivity contribution is -0.143. The molecular formula is C42H29F6N3P2S. The molecule has 3 nitrogen and oxygen atoms in total. The number of fused-ring (bicyclic) bond motifs is 2. The molecule has 0 aliphatic heterocycles. The predicted octanol–water partition coefficient (Wildman–Crippen LogP) is 13.3. The maximum absolute atomic E-state index is 13.7. The number of nitrogens with zero attached hydrogens (tertiary/aromatic N) is 1. The lowest BCUT2D eigenvalue weighted by Crippen LogP contribution is -2.21. The molecule has 0 heterocycles. The van der Waals surface area contributed by atoms with E-state index in [2.05, 4.69) is 41.2 Å². The first kappa shape index (κ1) is 37.1. The van der Waals surface area contributed by atoms with Gasteiger partial charge in [0.05, 0.1) is 23.6 Å². The summed E-state index contributed by atoms with van der Waals surface area (Å²) in [6.45, 7) is -2.57. The van der Waals surface area contributed by atoms with Gasteiger partial charge in [0.25, 0.3) is 0 Å². The first-order valence-corrected chi connectivity index (χ1v) is 20.4. The molecule has 7 rings (SSSR count). The zero-order chi connectivity index (χ0) is 38.1. The Labute approximate surface area is 314 Å². The summed E-state index contributed by atoms with van der Waals surface area (Å²) in [5.74, 6) is 0. The van der Waals surface area contributed by atoms with Crippen LogP contribution in [0, 0.1) is 0 Å². The van der Waals surface area contributed by atoms with Crippen molar-refractivity contribution >= 4 is 87.5 Å². The fourth-order valence-electron chi connectivity index (χ4n) is 6.45. The molecule has 7 aromatic rings. The summed E-state index contributed by atoms with van der Waals surface area (Å²) in [5, 5.41) is 11.1. The number of alkyl halides is 6. The van der Waals surface area contributed by atoms with Crippen LogP contribution in [0.25, 0.3) is 32.7 Å². The molecule has 270 valence electrons. The second-order valence-corrected chi connectivity index (χ2v) is 18.0. The summed E-state index contributed by atoms with van der Waals surface area (Å²) in [7, 11) is 0.804. The molecule has 0 aliphatic carbocycles. The van der Waals surface area contributed by atoms with Crippen molar-refractivity contribution in [2.75, 3.05) is 10.6 Å². The molecule has 0 spiro atoms. The summed E-state index contributed by atoms with van der Waals surface area (Å²) in [5.41, 5.74) is -0.753. The average Bonchev–Trinajstić information content (AvgIpc) is 3.17. The highest BCUT2D eigenvalue weighted by atomic mass is 32.1. The summed E-state index contributed by atoms with van der Waals surface area (Å²) in [6.07, 6.45) is -5.62. The summed E-state index contributed by atoms with van der Waals surface area (Å²) in [4.78, 5) is 0. The molecule has 0 saturated carbocycles. The standard InChI is InChI=1S/C42H29F6N3P2S/c1-52-53(32-14-4-2-5-15-32,33-16-6-3-7-17-33)51-37-23-21-28-13-9-11-19-35(28)39(37)38-34-18-10-8-12-27(34)20-22-36(38)50-40(54)49-31-25-29(41(43,44)45)24-30(26-31)42(46,47)48/h2-26H,1H2,(H2,49,50,54). The van der Waals surface area contributed by atoms with Gasteiger partial charge in [-0.05, 0) is 64.1 Å². The van der Waals surface area contributed by atoms with Crippen molar-refractivity contribution < 1.29 is 26.3 Å². The Hall–Kier alpha value is -5.27. The molecule has 54 heavy (non-hydrogen) atoms. The molecule has 0 atom stereocenters. The van der Waals surface area contributed by atoms with Crippen LogP contribution in [-0.4, -0.2) is 11.4 Å². The number of benzene rings is 7. The summed E-state index contributed by atoms with van der Waals surface area (Å²) < 4.78 is 87.8. The van der Waals surface area contributed by atoms with Crippen molar-refractivity contribution in [3.05, 3.63) is 163 Å². The number of hydrogen-bond donors (Lipinski definition) is 2. The second-order valence-electron chi connectivity index (χ2n) is 12.3. The molecule has 7 aromatic carbocycles. The molecule has 0 bridgehead atoms. The van der Waals surface area contributed by atoms with Crippen molar-refractivity contribution in [1.82, 2.24) is 0 Å². The van der Waals surface area contributed by atoms with E-state index in [1.54, 1.807) is 6.07 Å². The third-order valence-electron chi connectivity index (χ3n) is 8.87. The molecule has 0 amide bonds. The molecule has 0 saturated heterocycles. The minimum absolute atomic E-state index is 0.0768. The molecule has 0 radical (unpaired) electrons. The third kappa shape index (κ3) is 7.42. The van der Waals surface area contributed by atoms with Crippen LogP contribution >= 0.6 is 26.9 Å². The van der Waals surface area contributed by atoms with E-state index in [1.165, 1.54) is 0 Å². The van der Waals surface area contributed by atoms with Crippen molar-refractivity contribution in [2.45, 2.75) is 12.4 Å². The highest BCUT2D eigenvalue weighted by Gasteiger charge is 2.37. The van der Waals surface area contributed by atoms with Crippen LogP contribution < -0.4 is 21.2 Å². The fraction of sp³-hybridized carbons (Fsp3) is 0.0476. The van der Waals surface area contributed by atoms with Gasteiger partial charge in [0.15, 0.2) is 5.11 Å². The summed E-state index contributed by atoms with van der Waals surface area (Å²) in [6, 6.07) is 44.6. The number of hydrogen-bond acceptors (Lipinski definition) is 2. The van der Waals surface area contributed by atoms with Crippen molar-refractivity contribution in [2.24, 2.45) is 4.74 Å².